The lowest BCUT2D eigenvalue weighted by Crippen LogP contribution is -2.30. The fraction of sp³-hybridized carbons (Fsp3) is 0.375. The van der Waals surface area contributed by atoms with Gasteiger partial charge in [-0.05, 0) is 45.4 Å². The Morgan fingerprint density at radius 2 is 2.06 bits per heavy atom. The van der Waals surface area contributed by atoms with Crippen LogP contribution in [0.25, 0.3) is 28.2 Å². The lowest BCUT2D eigenvalue weighted by molar-refractivity contribution is -0.151. The summed E-state index contributed by atoms with van der Waals surface area (Å²) in [6.45, 7) is 8.03. The smallest absolute Gasteiger partial charge is 0.282 e. The van der Waals surface area contributed by atoms with Crippen molar-refractivity contribution >= 4 is 27.9 Å². The molecule has 1 atom stereocenters. The number of H-pyrrole nitrogens is 1. The van der Waals surface area contributed by atoms with E-state index >= 15 is 0 Å². The molecule has 3 aromatic heterocycles. The van der Waals surface area contributed by atoms with Crippen molar-refractivity contribution in [2.24, 2.45) is 0 Å². The number of nitrogens with zero attached hydrogens (tertiary/aromatic N) is 4. The van der Waals surface area contributed by atoms with Gasteiger partial charge in [0.15, 0.2) is 16.5 Å². The van der Waals surface area contributed by atoms with E-state index in [1.54, 1.807) is 29.8 Å². The van der Waals surface area contributed by atoms with Crippen LogP contribution in [0.3, 0.4) is 0 Å². The van der Waals surface area contributed by atoms with Gasteiger partial charge in [0.1, 0.15) is 11.6 Å². The van der Waals surface area contributed by atoms with Gasteiger partial charge in [-0.1, -0.05) is 6.92 Å². The van der Waals surface area contributed by atoms with E-state index in [0.29, 0.717) is 52.2 Å². The van der Waals surface area contributed by atoms with Crippen LogP contribution in [-0.2, 0) is 16.0 Å². The van der Waals surface area contributed by atoms with Gasteiger partial charge in [-0.25, -0.2) is 14.5 Å². The summed E-state index contributed by atoms with van der Waals surface area (Å²) in [5.41, 5.74) is 2.68. The van der Waals surface area contributed by atoms with Gasteiger partial charge in [0.2, 0.25) is 6.29 Å². The molecule has 1 amide bonds. The average Bonchev–Trinajstić information content (AvgIpc) is 3.44. The number of amides is 1. The van der Waals surface area contributed by atoms with E-state index in [2.05, 4.69) is 20.3 Å². The predicted octanol–water partition coefficient (Wildman–Crippen LogP) is 3.16. The van der Waals surface area contributed by atoms with E-state index in [-0.39, 0.29) is 12.2 Å². The number of nitrogens with one attached hydrogen (secondary N) is 2. The highest BCUT2D eigenvalue weighted by Crippen LogP contribution is 2.34. The molecular weight excluding hydrogens is 484 g/mol. The molecule has 0 fully saturated rings. The van der Waals surface area contributed by atoms with E-state index in [1.807, 2.05) is 26.0 Å². The Labute approximate surface area is 211 Å². The summed E-state index contributed by atoms with van der Waals surface area (Å²) in [6, 6.07) is 5.46. The monoisotopic (exact) mass is 512 g/mol. The van der Waals surface area contributed by atoms with Crippen LogP contribution < -0.4 is 15.6 Å². The minimum absolute atomic E-state index is 0.202. The number of thiazole rings is 1. The molecular formula is C24H28N6O5S. The summed E-state index contributed by atoms with van der Waals surface area (Å²) in [5, 5.41) is 19.0. The third-order valence-electron chi connectivity index (χ3n) is 5.33. The van der Waals surface area contributed by atoms with Crippen molar-refractivity contribution in [3.63, 3.8) is 0 Å². The van der Waals surface area contributed by atoms with Crippen LogP contribution >= 0.6 is 11.3 Å². The van der Waals surface area contributed by atoms with Crippen LogP contribution in [0.1, 0.15) is 38.7 Å². The van der Waals surface area contributed by atoms with Gasteiger partial charge in [-0.3, -0.25) is 14.9 Å². The van der Waals surface area contributed by atoms with Crippen LogP contribution in [0.2, 0.25) is 0 Å². The van der Waals surface area contributed by atoms with E-state index in [1.165, 1.54) is 11.3 Å². The first kappa shape index (κ1) is 25.5. The van der Waals surface area contributed by atoms with Gasteiger partial charge >= 0.3 is 0 Å². The zero-order chi connectivity index (χ0) is 25.8. The van der Waals surface area contributed by atoms with Gasteiger partial charge in [0.25, 0.3) is 11.5 Å². The maximum absolute atomic E-state index is 13.0. The molecule has 1 aromatic carbocycles. The number of anilines is 1. The Balaban J connectivity index is 1.74. The topological polar surface area (TPSA) is 144 Å². The van der Waals surface area contributed by atoms with Gasteiger partial charge in [-0.2, -0.15) is 0 Å². The number of fused-ring (bicyclic) bond motifs is 1. The van der Waals surface area contributed by atoms with Crippen molar-refractivity contribution in [2.75, 3.05) is 18.5 Å². The molecule has 1 unspecified atom stereocenters. The second-order valence-electron chi connectivity index (χ2n) is 7.91. The molecule has 0 saturated carbocycles. The predicted molar refractivity (Wildman–Crippen MR) is 136 cm³/mol. The Bertz CT molecular complexity index is 1440. The minimum Gasteiger partial charge on any atom is -0.493 e. The zero-order valence-corrected chi connectivity index (χ0v) is 21.3. The normalized spacial score (nSPS) is 12.1. The number of aromatic amines is 1. The number of rotatable bonds is 10. The van der Waals surface area contributed by atoms with E-state index < -0.39 is 12.2 Å². The first-order chi connectivity index (χ1) is 17.4. The number of aryl methyl sites for hydroxylation is 2. The van der Waals surface area contributed by atoms with E-state index in [0.717, 1.165) is 17.8 Å². The quantitative estimate of drug-likeness (QED) is 0.275. The molecule has 11 nitrogen and oxygen atoms in total. The van der Waals surface area contributed by atoms with Crippen molar-refractivity contribution in [3.05, 3.63) is 45.5 Å². The Kier molecular flexibility index (Phi) is 7.77. The molecule has 190 valence electrons. The van der Waals surface area contributed by atoms with Crippen LogP contribution in [0, 0.1) is 6.92 Å². The zero-order valence-electron chi connectivity index (χ0n) is 20.5. The molecule has 4 rings (SSSR count). The number of carbonyl (C=O) groups is 1. The van der Waals surface area contributed by atoms with Gasteiger partial charge in [0, 0.05) is 24.0 Å². The number of hydrogen-bond acceptors (Lipinski definition) is 9. The second kappa shape index (κ2) is 11.0. The molecule has 0 aliphatic rings. The van der Waals surface area contributed by atoms with E-state index in [4.69, 9.17) is 14.6 Å². The number of imidazole rings is 1. The molecule has 36 heavy (non-hydrogen) atoms. The Morgan fingerprint density at radius 3 is 2.78 bits per heavy atom. The van der Waals surface area contributed by atoms with Crippen molar-refractivity contribution < 1.29 is 19.4 Å². The summed E-state index contributed by atoms with van der Waals surface area (Å²) in [6.07, 6.45) is -0.0115. The standard InChI is InChI=1S/C24H28N6O5S/c1-5-8-18-25-13(4)19-21(31)27-20(29-30(18)19)15-11-14(9-10-17(15)34-6-2)16-12-36-24(26-16)28-22(32)23(33)35-7-3/h9-12,23,33H,5-8H2,1-4H3,(H,26,28,32)(H,27,29,31). The minimum atomic E-state index is -1.57. The first-order valence-electron chi connectivity index (χ1n) is 11.7. The molecule has 0 radical (unpaired) electrons. The Morgan fingerprint density at radius 1 is 1.25 bits per heavy atom. The molecule has 4 aromatic rings. The van der Waals surface area contributed by atoms with Crippen molar-refractivity contribution in [1.29, 1.82) is 0 Å². The number of benzene rings is 1. The molecule has 3 N–H and O–H groups in total. The average molecular weight is 513 g/mol. The number of aromatic nitrogens is 5. The molecule has 0 aliphatic heterocycles. The SMILES string of the molecule is CCCc1nc(C)c2c(=O)[nH]c(-c3cc(-c4csc(NC(=O)C(O)OCC)n4)ccc3OCC)nn12. The summed E-state index contributed by atoms with van der Waals surface area (Å²) in [5.74, 6) is 0.927. The highest BCUT2D eigenvalue weighted by Gasteiger charge is 2.19. The van der Waals surface area contributed by atoms with Crippen molar-refractivity contribution in [3.8, 4) is 28.4 Å². The van der Waals surface area contributed by atoms with Crippen LogP contribution in [0.5, 0.6) is 5.75 Å². The number of hydrogen-bond donors (Lipinski definition) is 3. The van der Waals surface area contributed by atoms with Crippen molar-refractivity contribution in [1.82, 2.24) is 24.6 Å². The lowest BCUT2D eigenvalue weighted by atomic mass is 10.1. The summed E-state index contributed by atoms with van der Waals surface area (Å²) >= 11 is 1.21. The first-order valence-corrected chi connectivity index (χ1v) is 12.6. The van der Waals surface area contributed by atoms with Crippen molar-refractivity contribution in [2.45, 2.75) is 46.8 Å². The summed E-state index contributed by atoms with van der Waals surface area (Å²) in [4.78, 5) is 36.9. The lowest BCUT2D eigenvalue weighted by Gasteiger charge is -2.12. The fourth-order valence-corrected chi connectivity index (χ4v) is 4.49. The fourth-order valence-electron chi connectivity index (χ4n) is 3.76. The highest BCUT2D eigenvalue weighted by molar-refractivity contribution is 7.14. The van der Waals surface area contributed by atoms with Gasteiger partial charge in [-0.15, -0.1) is 16.4 Å². The highest BCUT2D eigenvalue weighted by atomic mass is 32.1. The molecule has 3 heterocycles. The van der Waals surface area contributed by atoms with E-state index in [9.17, 15) is 14.7 Å². The maximum Gasteiger partial charge on any atom is 0.282 e. The third kappa shape index (κ3) is 5.15. The Hall–Kier alpha value is -3.61. The molecule has 0 aliphatic carbocycles. The molecule has 12 heteroatoms. The number of ether oxygens (including phenoxy) is 2. The van der Waals surface area contributed by atoms with Gasteiger partial charge in [0.05, 0.1) is 23.6 Å². The van der Waals surface area contributed by atoms with Crippen LogP contribution in [0.4, 0.5) is 5.13 Å². The third-order valence-corrected chi connectivity index (χ3v) is 6.09. The van der Waals surface area contributed by atoms with Gasteiger partial charge < -0.3 is 19.6 Å². The summed E-state index contributed by atoms with van der Waals surface area (Å²) in [7, 11) is 0. The molecule has 0 spiro atoms. The molecule has 0 bridgehead atoms. The largest absolute Gasteiger partial charge is 0.493 e. The number of aliphatic hydroxyl groups excluding tert-OH is 1. The van der Waals surface area contributed by atoms with Crippen LogP contribution in [0.15, 0.2) is 28.4 Å². The summed E-state index contributed by atoms with van der Waals surface area (Å²) < 4.78 is 12.3. The number of carbonyl (C=O) groups excluding carboxylic acids is 1. The maximum atomic E-state index is 13.0. The van der Waals surface area contributed by atoms with Crippen LogP contribution in [-0.4, -0.2) is 55.1 Å². The molecule has 0 saturated heterocycles. The number of aliphatic hydroxyl groups is 1. The second-order valence-corrected chi connectivity index (χ2v) is 8.76.